The van der Waals surface area contributed by atoms with Gasteiger partial charge in [-0.05, 0) is 31.2 Å². The van der Waals surface area contributed by atoms with E-state index in [4.69, 9.17) is 21.1 Å². The van der Waals surface area contributed by atoms with Gasteiger partial charge >= 0.3 is 0 Å². The van der Waals surface area contributed by atoms with Crippen molar-refractivity contribution in [2.24, 2.45) is 0 Å². The van der Waals surface area contributed by atoms with Gasteiger partial charge in [-0.3, -0.25) is 4.68 Å². The number of rotatable bonds is 5. The summed E-state index contributed by atoms with van der Waals surface area (Å²) in [5, 5.41) is 8.49. The molecule has 1 atom stereocenters. The number of aromatic nitrogens is 2. The first-order valence-corrected chi connectivity index (χ1v) is 7.37. The van der Waals surface area contributed by atoms with Crippen molar-refractivity contribution in [3.8, 4) is 11.5 Å². The molecule has 21 heavy (non-hydrogen) atoms. The highest BCUT2D eigenvalue weighted by Crippen LogP contribution is 2.34. The van der Waals surface area contributed by atoms with Crippen molar-refractivity contribution < 1.29 is 9.47 Å². The Labute approximate surface area is 128 Å². The Kier molecular flexibility index (Phi) is 4.03. The molecule has 1 aromatic carbocycles. The highest BCUT2D eigenvalue weighted by molar-refractivity contribution is 6.31. The molecule has 1 aromatic heterocycles. The quantitative estimate of drug-likeness (QED) is 0.922. The molecule has 0 spiro atoms. The second-order valence-corrected chi connectivity index (χ2v) is 5.39. The number of likely N-dealkylation sites (N-methyl/N-ethyl adjacent to an activating group) is 1. The number of benzene rings is 1. The van der Waals surface area contributed by atoms with Gasteiger partial charge in [-0.25, -0.2) is 0 Å². The molecule has 2 aromatic rings. The summed E-state index contributed by atoms with van der Waals surface area (Å²) in [7, 11) is 0. The zero-order valence-corrected chi connectivity index (χ0v) is 12.9. The van der Waals surface area contributed by atoms with Crippen LogP contribution in [-0.2, 0) is 6.54 Å². The van der Waals surface area contributed by atoms with Gasteiger partial charge in [0, 0.05) is 0 Å². The fourth-order valence-corrected chi connectivity index (χ4v) is 2.59. The van der Waals surface area contributed by atoms with E-state index in [0.717, 1.165) is 29.3 Å². The number of hydrogen-bond acceptors (Lipinski definition) is 4. The van der Waals surface area contributed by atoms with Crippen LogP contribution in [0.4, 0.5) is 0 Å². The van der Waals surface area contributed by atoms with E-state index in [1.807, 2.05) is 23.7 Å². The van der Waals surface area contributed by atoms with Crippen LogP contribution in [-0.4, -0.2) is 23.1 Å². The summed E-state index contributed by atoms with van der Waals surface area (Å²) in [6.45, 7) is 5.93. The average Bonchev–Trinajstić information content (AvgIpc) is 3.07. The molecule has 0 radical (unpaired) electrons. The maximum atomic E-state index is 6.07. The molecule has 0 aliphatic carbocycles. The molecule has 1 aliphatic heterocycles. The lowest BCUT2D eigenvalue weighted by molar-refractivity contribution is 0.174. The summed E-state index contributed by atoms with van der Waals surface area (Å²) in [4.78, 5) is 0. The molecule has 0 saturated carbocycles. The second-order valence-electron chi connectivity index (χ2n) is 4.98. The largest absolute Gasteiger partial charge is 0.454 e. The molecule has 2 heterocycles. The van der Waals surface area contributed by atoms with E-state index >= 15 is 0 Å². The van der Waals surface area contributed by atoms with Crippen molar-refractivity contribution in [3.05, 3.63) is 40.7 Å². The van der Waals surface area contributed by atoms with Crippen LogP contribution in [0.2, 0.25) is 5.02 Å². The number of nitrogens with zero attached hydrogens (tertiary/aromatic N) is 2. The standard InChI is InChI=1S/C15H18ClN3O2/c1-3-17-13(8-19-10(2)12(16)7-18-19)11-4-5-14-15(6-11)21-9-20-14/h4-7,13,17H,3,8-9H2,1-2H3. The van der Waals surface area contributed by atoms with Crippen LogP contribution in [0.5, 0.6) is 11.5 Å². The van der Waals surface area contributed by atoms with Gasteiger partial charge in [0.05, 0.1) is 29.5 Å². The van der Waals surface area contributed by atoms with E-state index in [1.54, 1.807) is 6.20 Å². The van der Waals surface area contributed by atoms with Gasteiger partial charge in [0.25, 0.3) is 0 Å². The lowest BCUT2D eigenvalue weighted by Gasteiger charge is -2.19. The molecule has 0 fully saturated rings. The van der Waals surface area contributed by atoms with E-state index in [2.05, 4.69) is 23.4 Å². The summed E-state index contributed by atoms with van der Waals surface area (Å²) in [6, 6.07) is 6.17. The Morgan fingerprint density at radius 3 is 2.90 bits per heavy atom. The van der Waals surface area contributed by atoms with E-state index in [9.17, 15) is 0 Å². The lowest BCUT2D eigenvalue weighted by Crippen LogP contribution is -2.26. The molecule has 112 valence electrons. The van der Waals surface area contributed by atoms with Crippen LogP contribution < -0.4 is 14.8 Å². The molecule has 0 bridgehead atoms. The van der Waals surface area contributed by atoms with E-state index in [1.165, 1.54) is 0 Å². The summed E-state index contributed by atoms with van der Waals surface area (Å²) in [5.74, 6) is 1.60. The van der Waals surface area contributed by atoms with Gasteiger partial charge in [0.15, 0.2) is 11.5 Å². The zero-order valence-electron chi connectivity index (χ0n) is 12.1. The molecule has 6 heteroatoms. The van der Waals surface area contributed by atoms with Crippen LogP contribution in [0.15, 0.2) is 24.4 Å². The molecule has 3 rings (SSSR count). The third-order valence-electron chi connectivity index (χ3n) is 3.65. The van der Waals surface area contributed by atoms with E-state index in [-0.39, 0.29) is 6.04 Å². The maximum absolute atomic E-state index is 6.07. The minimum absolute atomic E-state index is 0.138. The number of fused-ring (bicyclic) bond motifs is 1. The summed E-state index contributed by atoms with van der Waals surface area (Å²) in [6.07, 6.45) is 1.68. The molecular weight excluding hydrogens is 290 g/mol. The fraction of sp³-hybridized carbons (Fsp3) is 0.400. The van der Waals surface area contributed by atoms with Crippen LogP contribution in [0, 0.1) is 6.92 Å². The van der Waals surface area contributed by atoms with Crippen LogP contribution in [0.25, 0.3) is 0 Å². The topological polar surface area (TPSA) is 48.3 Å². The molecule has 1 aliphatic rings. The molecule has 5 nitrogen and oxygen atoms in total. The van der Waals surface area contributed by atoms with Crippen molar-refractivity contribution >= 4 is 11.6 Å². The molecule has 0 amide bonds. The SMILES string of the molecule is CCNC(Cn1ncc(Cl)c1C)c1ccc2c(c1)OCO2. The first kappa shape index (κ1) is 14.2. The van der Waals surface area contributed by atoms with Crippen LogP contribution >= 0.6 is 11.6 Å². The number of halogens is 1. The minimum atomic E-state index is 0.138. The van der Waals surface area contributed by atoms with Crippen molar-refractivity contribution in [1.29, 1.82) is 0 Å². The summed E-state index contributed by atoms with van der Waals surface area (Å²) < 4.78 is 12.7. The summed E-state index contributed by atoms with van der Waals surface area (Å²) >= 11 is 6.07. The van der Waals surface area contributed by atoms with Gasteiger partial charge in [-0.1, -0.05) is 24.6 Å². The van der Waals surface area contributed by atoms with Crippen LogP contribution in [0.1, 0.15) is 24.2 Å². The number of hydrogen-bond donors (Lipinski definition) is 1. The van der Waals surface area contributed by atoms with Gasteiger partial charge < -0.3 is 14.8 Å². The maximum Gasteiger partial charge on any atom is 0.231 e. The second kappa shape index (κ2) is 5.95. The molecule has 1 N–H and O–H groups in total. The first-order valence-electron chi connectivity index (χ1n) is 7.00. The first-order chi connectivity index (χ1) is 10.2. The molecule has 1 unspecified atom stereocenters. The van der Waals surface area contributed by atoms with Gasteiger partial charge in [-0.15, -0.1) is 0 Å². The monoisotopic (exact) mass is 307 g/mol. The minimum Gasteiger partial charge on any atom is -0.454 e. The van der Waals surface area contributed by atoms with E-state index < -0.39 is 0 Å². The van der Waals surface area contributed by atoms with Gasteiger partial charge in [-0.2, -0.15) is 5.10 Å². The third-order valence-corrected chi connectivity index (χ3v) is 4.02. The van der Waals surface area contributed by atoms with Crippen molar-refractivity contribution in [3.63, 3.8) is 0 Å². The highest BCUT2D eigenvalue weighted by atomic mass is 35.5. The van der Waals surface area contributed by atoms with Gasteiger partial charge in [0.2, 0.25) is 6.79 Å². The fourth-order valence-electron chi connectivity index (χ4n) is 2.44. The highest BCUT2D eigenvalue weighted by Gasteiger charge is 2.19. The third kappa shape index (κ3) is 2.84. The van der Waals surface area contributed by atoms with Crippen molar-refractivity contribution in [2.45, 2.75) is 26.4 Å². The molecule has 0 saturated heterocycles. The number of ether oxygens (including phenoxy) is 2. The van der Waals surface area contributed by atoms with Crippen molar-refractivity contribution in [1.82, 2.24) is 15.1 Å². The predicted molar refractivity (Wildman–Crippen MR) is 81.0 cm³/mol. The normalized spacial score (nSPS) is 14.4. The van der Waals surface area contributed by atoms with Crippen LogP contribution in [0.3, 0.4) is 0 Å². The Morgan fingerprint density at radius 1 is 1.38 bits per heavy atom. The smallest absolute Gasteiger partial charge is 0.231 e. The Balaban J connectivity index is 1.85. The number of nitrogens with one attached hydrogen (secondary N) is 1. The average molecular weight is 308 g/mol. The predicted octanol–water partition coefficient (Wildman–Crippen LogP) is 2.92. The Hall–Kier alpha value is -1.72. The van der Waals surface area contributed by atoms with E-state index in [0.29, 0.717) is 18.4 Å². The Morgan fingerprint density at radius 2 is 2.19 bits per heavy atom. The zero-order chi connectivity index (χ0) is 14.8. The lowest BCUT2D eigenvalue weighted by atomic mass is 10.1. The van der Waals surface area contributed by atoms with Crippen molar-refractivity contribution in [2.75, 3.05) is 13.3 Å². The van der Waals surface area contributed by atoms with Gasteiger partial charge in [0.1, 0.15) is 0 Å². The molecular formula is C15H18ClN3O2. The Bertz CT molecular complexity index is 642. The summed E-state index contributed by atoms with van der Waals surface area (Å²) in [5.41, 5.74) is 2.12.